The Labute approximate surface area is 134 Å². The predicted octanol–water partition coefficient (Wildman–Crippen LogP) is 3.18. The Hall–Kier alpha value is -2.27. The summed E-state index contributed by atoms with van der Waals surface area (Å²) in [7, 11) is 0. The normalized spacial score (nSPS) is 16.4. The van der Waals surface area contributed by atoms with Gasteiger partial charge >= 0.3 is 5.97 Å². The molecule has 0 radical (unpaired) electrons. The molecule has 0 spiro atoms. The number of carboxylic acids is 1. The number of likely N-dealkylation sites (tertiary alicyclic amines) is 1. The van der Waals surface area contributed by atoms with Gasteiger partial charge in [-0.3, -0.25) is 14.7 Å². The SMILES string of the molecule is O=C(O)C1CCN(Cc2ccc(-c3ccncc3)cc2F)CC1. The van der Waals surface area contributed by atoms with E-state index in [1.165, 1.54) is 0 Å². The second-order valence-electron chi connectivity index (χ2n) is 5.93. The van der Waals surface area contributed by atoms with Crippen molar-refractivity contribution in [1.82, 2.24) is 9.88 Å². The molecule has 0 amide bonds. The summed E-state index contributed by atoms with van der Waals surface area (Å²) >= 11 is 0. The maximum absolute atomic E-state index is 14.4. The van der Waals surface area contributed by atoms with Crippen LogP contribution in [0.3, 0.4) is 0 Å². The summed E-state index contributed by atoms with van der Waals surface area (Å²) in [5.41, 5.74) is 2.42. The Morgan fingerprint density at radius 1 is 1.17 bits per heavy atom. The highest BCUT2D eigenvalue weighted by atomic mass is 19.1. The lowest BCUT2D eigenvalue weighted by Crippen LogP contribution is -2.36. The van der Waals surface area contributed by atoms with E-state index in [4.69, 9.17) is 5.11 Å². The molecule has 1 aliphatic rings. The smallest absolute Gasteiger partial charge is 0.306 e. The predicted molar refractivity (Wildman–Crippen MR) is 85.3 cm³/mol. The van der Waals surface area contributed by atoms with Crippen molar-refractivity contribution in [3.05, 3.63) is 54.1 Å². The fourth-order valence-corrected chi connectivity index (χ4v) is 2.98. The van der Waals surface area contributed by atoms with Gasteiger partial charge in [-0.05, 0) is 55.3 Å². The van der Waals surface area contributed by atoms with Crippen molar-refractivity contribution in [3.8, 4) is 11.1 Å². The van der Waals surface area contributed by atoms with Gasteiger partial charge in [-0.1, -0.05) is 12.1 Å². The molecule has 5 heteroatoms. The first-order chi connectivity index (χ1) is 11.1. The quantitative estimate of drug-likeness (QED) is 0.941. The van der Waals surface area contributed by atoms with E-state index in [0.717, 1.165) is 11.1 Å². The molecular weight excluding hydrogens is 295 g/mol. The summed E-state index contributed by atoms with van der Waals surface area (Å²) in [5.74, 6) is -1.21. The molecule has 0 saturated carbocycles. The number of hydrogen-bond acceptors (Lipinski definition) is 3. The Balaban J connectivity index is 1.67. The Kier molecular flexibility index (Phi) is 4.67. The third-order valence-electron chi connectivity index (χ3n) is 4.40. The lowest BCUT2D eigenvalue weighted by molar-refractivity contribution is -0.143. The van der Waals surface area contributed by atoms with Crippen LogP contribution in [0.25, 0.3) is 11.1 Å². The zero-order valence-corrected chi connectivity index (χ0v) is 12.8. The largest absolute Gasteiger partial charge is 0.481 e. The van der Waals surface area contributed by atoms with Crippen LogP contribution in [-0.4, -0.2) is 34.0 Å². The third-order valence-corrected chi connectivity index (χ3v) is 4.40. The number of carboxylic acid groups (broad SMARTS) is 1. The molecule has 23 heavy (non-hydrogen) atoms. The highest BCUT2D eigenvalue weighted by molar-refractivity contribution is 5.70. The lowest BCUT2D eigenvalue weighted by atomic mass is 9.96. The van der Waals surface area contributed by atoms with Gasteiger partial charge in [-0.15, -0.1) is 0 Å². The second kappa shape index (κ2) is 6.87. The number of benzene rings is 1. The standard InChI is InChI=1S/C18H19FN2O2/c19-17-11-15(13-3-7-20-8-4-13)1-2-16(17)12-21-9-5-14(6-10-21)18(22)23/h1-4,7-8,11,14H,5-6,9-10,12H2,(H,22,23). The summed E-state index contributed by atoms with van der Waals surface area (Å²) in [6.07, 6.45) is 4.64. The van der Waals surface area contributed by atoms with Gasteiger partial charge in [0.1, 0.15) is 5.82 Å². The molecule has 1 aliphatic heterocycles. The number of aliphatic carboxylic acids is 1. The molecule has 0 unspecified atom stereocenters. The highest BCUT2D eigenvalue weighted by Gasteiger charge is 2.24. The molecular formula is C18H19FN2O2. The molecule has 0 bridgehead atoms. The Morgan fingerprint density at radius 3 is 2.48 bits per heavy atom. The van der Waals surface area contributed by atoms with E-state index in [-0.39, 0.29) is 11.7 Å². The minimum atomic E-state index is -0.725. The third kappa shape index (κ3) is 3.74. The summed E-state index contributed by atoms with van der Waals surface area (Å²) < 4.78 is 14.4. The van der Waals surface area contributed by atoms with Gasteiger partial charge in [-0.2, -0.15) is 0 Å². The monoisotopic (exact) mass is 314 g/mol. The van der Waals surface area contributed by atoms with Gasteiger partial charge in [0.25, 0.3) is 0 Å². The summed E-state index contributed by atoms with van der Waals surface area (Å²) in [5, 5.41) is 9.01. The number of pyridine rings is 1. The van der Waals surface area contributed by atoms with Crippen LogP contribution in [0.1, 0.15) is 18.4 Å². The topological polar surface area (TPSA) is 53.4 Å². The average molecular weight is 314 g/mol. The fourth-order valence-electron chi connectivity index (χ4n) is 2.98. The van der Waals surface area contributed by atoms with Crippen LogP contribution in [0.15, 0.2) is 42.7 Å². The molecule has 0 atom stereocenters. The molecule has 2 aromatic rings. The van der Waals surface area contributed by atoms with E-state index < -0.39 is 5.97 Å². The molecule has 1 N–H and O–H groups in total. The number of carbonyl (C=O) groups is 1. The number of aromatic nitrogens is 1. The summed E-state index contributed by atoms with van der Waals surface area (Å²) in [6, 6.07) is 8.98. The molecule has 3 rings (SSSR count). The van der Waals surface area contributed by atoms with Crippen LogP contribution >= 0.6 is 0 Å². The van der Waals surface area contributed by atoms with Crippen molar-refractivity contribution in [1.29, 1.82) is 0 Å². The highest BCUT2D eigenvalue weighted by Crippen LogP contribution is 2.24. The first-order valence-electron chi connectivity index (χ1n) is 7.77. The maximum Gasteiger partial charge on any atom is 0.306 e. The van der Waals surface area contributed by atoms with Gasteiger partial charge in [-0.25, -0.2) is 4.39 Å². The van der Waals surface area contributed by atoms with Crippen molar-refractivity contribution in [2.24, 2.45) is 5.92 Å². The maximum atomic E-state index is 14.4. The summed E-state index contributed by atoms with van der Waals surface area (Å²) in [6.45, 7) is 1.92. The molecule has 1 aromatic carbocycles. The van der Waals surface area contributed by atoms with Crippen LogP contribution in [0, 0.1) is 11.7 Å². The molecule has 0 aliphatic carbocycles. The van der Waals surface area contributed by atoms with Gasteiger partial charge in [0.2, 0.25) is 0 Å². The van der Waals surface area contributed by atoms with Crippen molar-refractivity contribution in [2.45, 2.75) is 19.4 Å². The fraction of sp³-hybridized carbons (Fsp3) is 0.333. The van der Waals surface area contributed by atoms with Gasteiger partial charge in [0.05, 0.1) is 5.92 Å². The molecule has 4 nitrogen and oxygen atoms in total. The van der Waals surface area contributed by atoms with E-state index in [1.54, 1.807) is 18.5 Å². The van der Waals surface area contributed by atoms with E-state index in [2.05, 4.69) is 9.88 Å². The van der Waals surface area contributed by atoms with Crippen molar-refractivity contribution in [3.63, 3.8) is 0 Å². The molecule has 2 heterocycles. The molecule has 1 aromatic heterocycles. The van der Waals surface area contributed by atoms with Gasteiger partial charge in [0.15, 0.2) is 0 Å². The number of halogens is 1. The second-order valence-corrected chi connectivity index (χ2v) is 5.93. The van der Waals surface area contributed by atoms with Crippen LogP contribution in [0.4, 0.5) is 4.39 Å². The average Bonchev–Trinajstić information content (AvgIpc) is 2.58. The molecule has 1 fully saturated rings. The van der Waals surface area contributed by atoms with E-state index in [1.807, 2.05) is 24.3 Å². The van der Waals surface area contributed by atoms with E-state index in [9.17, 15) is 9.18 Å². The van der Waals surface area contributed by atoms with Crippen LogP contribution < -0.4 is 0 Å². The summed E-state index contributed by atoms with van der Waals surface area (Å²) in [4.78, 5) is 17.0. The first-order valence-corrected chi connectivity index (χ1v) is 7.77. The van der Waals surface area contributed by atoms with E-state index in [0.29, 0.717) is 38.0 Å². The zero-order chi connectivity index (χ0) is 16.2. The number of rotatable bonds is 4. The lowest BCUT2D eigenvalue weighted by Gasteiger charge is -2.30. The van der Waals surface area contributed by atoms with Gasteiger partial charge < -0.3 is 5.11 Å². The van der Waals surface area contributed by atoms with Crippen molar-refractivity contribution in [2.75, 3.05) is 13.1 Å². The minimum Gasteiger partial charge on any atom is -0.481 e. The van der Waals surface area contributed by atoms with Crippen LogP contribution in [0.5, 0.6) is 0 Å². The number of nitrogens with zero attached hydrogens (tertiary/aromatic N) is 2. The van der Waals surface area contributed by atoms with Gasteiger partial charge in [0, 0.05) is 24.5 Å². The Bertz CT molecular complexity index is 683. The first kappa shape index (κ1) is 15.6. The Morgan fingerprint density at radius 2 is 1.87 bits per heavy atom. The van der Waals surface area contributed by atoms with Crippen molar-refractivity contribution < 1.29 is 14.3 Å². The zero-order valence-electron chi connectivity index (χ0n) is 12.8. The van der Waals surface area contributed by atoms with Crippen molar-refractivity contribution >= 4 is 5.97 Å². The van der Waals surface area contributed by atoms with E-state index >= 15 is 0 Å². The van der Waals surface area contributed by atoms with Crippen LogP contribution in [-0.2, 0) is 11.3 Å². The number of hydrogen-bond donors (Lipinski definition) is 1. The van der Waals surface area contributed by atoms with Crippen LogP contribution in [0.2, 0.25) is 0 Å². The molecule has 120 valence electrons. The molecule has 1 saturated heterocycles. The number of piperidine rings is 1. The minimum absolute atomic E-state index is 0.223.